The number of nitrogens with one attached hydrogen (secondary N) is 1. The lowest BCUT2D eigenvalue weighted by atomic mass is 10.0. The van der Waals surface area contributed by atoms with Crippen LogP contribution in [-0.4, -0.2) is 19.7 Å². The SMILES string of the molecule is O=c1c2cccc3c2c(nn1Cc1nc2ccccc2[nH]1)-c1ccccc1-3. The summed E-state index contributed by atoms with van der Waals surface area (Å²) in [7, 11) is 0. The fourth-order valence-electron chi connectivity index (χ4n) is 4.01. The van der Waals surface area contributed by atoms with Crippen molar-refractivity contribution >= 4 is 21.8 Å². The van der Waals surface area contributed by atoms with Crippen LogP contribution in [0.15, 0.2) is 71.5 Å². The molecule has 1 aliphatic rings. The zero-order valence-corrected chi connectivity index (χ0v) is 14.3. The second-order valence-electron chi connectivity index (χ2n) is 6.79. The van der Waals surface area contributed by atoms with Crippen molar-refractivity contribution in [2.24, 2.45) is 0 Å². The van der Waals surface area contributed by atoms with Gasteiger partial charge in [0.2, 0.25) is 0 Å². The van der Waals surface area contributed by atoms with E-state index >= 15 is 0 Å². The van der Waals surface area contributed by atoms with E-state index in [9.17, 15) is 4.79 Å². The van der Waals surface area contributed by atoms with Gasteiger partial charge in [0.1, 0.15) is 18.1 Å². The molecular formula is C22H14N4O. The number of benzene rings is 3. The Morgan fingerprint density at radius 3 is 2.52 bits per heavy atom. The first-order valence-corrected chi connectivity index (χ1v) is 8.87. The maximum atomic E-state index is 13.1. The van der Waals surface area contributed by atoms with Gasteiger partial charge in [0.05, 0.1) is 16.4 Å². The Balaban J connectivity index is 1.59. The second kappa shape index (κ2) is 5.14. The van der Waals surface area contributed by atoms with Gasteiger partial charge in [-0.05, 0) is 29.3 Å². The molecule has 6 rings (SSSR count). The molecule has 0 aliphatic heterocycles. The maximum absolute atomic E-state index is 13.1. The van der Waals surface area contributed by atoms with Gasteiger partial charge in [-0.2, -0.15) is 5.10 Å². The standard InChI is InChI=1S/C22H14N4O/c27-22-16-9-5-8-14-13-6-1-2-7-15(13)21(20(14)16)25-26(22)12-19-23-17-10-3-4-11-18(17)24-19/h1-11H,12H2,(H,23,24). The second-order valence-corrected chi connectivity index (χ2v) is 6.79. The number of nitrogens with zero attached hydrogens (tertiary/aromatic N) is 3. The van der Waals surface area contributed by atoms with Gasteiger partial charge in [-0.1, -0.05) is 48.5 Å². The third-order valence-electron chi connectivity index (χ3n) is 5.20. The first-order valence-electron chi connectivity index (χ1n) is 8.87. The summed E-state index contributed by atoms with van der Waals surface area (Å²) in [6, 6.07) is 21.9. The van der Waals surface area contributed by atoms with Crippen molar-refractivity contribution in [1.82, 2.24) is 19.7 Å². The van der Waals surface area contributed by atoms with Crippen molar-refractivity contribution in [2.45, 2.75) is 6.54 Å². The lowest BCUT2D eigenvalue weighted by molar-refractivity contribution is 0.631. The van der Waals surface area contributed by atoms with E-state index in [2.05, 4.69) is 28.2 Å². The number of aromatic nitrogens is 4. The zero-order valence-electron chi connectivity index (χ0n) is 14.3. The molecule has 1 aliphatic carbocycles. The predicted octanol–water partition coefficient (Wildman–Crippen LogP) is 3.97. The van der Waals surface area contributed by atoms with Crippen LogP contribution >= 0.6 is 0 Å². The van der Waals surface area contributed by atoms with Crippen LogP contribution in [0.4, 0.5) is 0 Å². The topological polar surface area (TPSA) is 63.6 Å². The average molecular weight is 350 g/mol. The number of fused-ring (bicyclic) bond motifs is 4. The summed E-state index contributed by atoms with van der Waals surface area (Å²) < 4.78 is 1.52. The third-order valence-corrected chi connectivity index (χ3v) is 5.20. The van der Waals surface area contributed by atoms with Gasteiger partial charge in [-0.25, -0.2) is 9.67 Å². The van der Waals surface area contributed by atoms with E-state index in [1.807, 2.05) is 48.5 Å². The molecule has 5 aromatic rings. The van der Waals surface area contributed by atoms with E-state index in [0.717, 1.165) is 44.6 Å². The van der Waals surface area contributed by atoms with Crippen LogP contribution in [0.25, 0.3) is 44.2 Å². The molecule has 0 fully saturated rings. The molecule has 0 unspecified atom stereocenters. The summed E-state index contributed by atoms with van der Waals surface area (Å²) in [4.78, 5) is 21.0. The van der Waals surface area contributed by atoms with Crippen molar-refractivity contribution in [3.63, 3.8) is 0 Å². The van der Waals surface area contributed by atoms with Crippen molar-refractivity contribution < 1.29 is 0 Å². The average Bonchev–Trinajstić information content (AvgIpc) is 3.25. The van der Waals surface area contributed by atoms with E-state index in [-0.39, 0.29) is 5.56 Å². The predicted molar refractivity (Wildman–Crippen MR) is 106 cm³/mol. The fraction of sp³-hybridized carbons (Fsp3) is 0.0455. The first-order chi connectivity index (χ1) is 13.3. The highest BCUT2D eigenvalue weighted by atomic mass is 16.1. The molecule has 0 saturated carbocycles. The summed E-state index contributed by atoms with van der Waals surface area (Å²) in [6.45, 7) is 0.308. The van der Waals surface area contributed by atoms with E-state index in [1.54, 1.807) is 0 Å². The molecule has 2 aromatic heterocycles. The Morgan fingerprint density at radius 2 is 1.63 bits per heavy atom. The highest BCUT2D eigenvalue weighted by Crippen LogP contribution is 2.44. The molecule has 1 N–H and O–H groups in total. The lowest BCUT2D eigenvalue weighted by Crippen LogP contribution is -2.24. The number of rotatable bonds is 2. The van der Waals surface area contributed by atoms with Crippen LogP contribution < -0.4 is 5.56 Å². The van der Waals surface area contributed by atoms with Crippen molar-refractivity contribution in [3.8, 4) is 22.4 Å². The van der Waals surface area contributed by atoms with E-state index in [1.165, 1.54) is 4.68 Å². The van der Waals surface area contributed by atoms with Gasteiger partial charge in [-0.3, -0.25) is 4.79 Å². The Labute approximate surface area is 153 Å². The summed E-state index contributed by atoms with van der Waals surface area (Å²) in [5.74, 6) is 0.722. The monoisotopic (exact) mass is 350 g/mol. The van der Waals surface area contributed by atoms with Gasteiger partial charge in [0.15, 0.2) is 0 Å². The molecule has 27 heavy (non-hydrogen) atoms. The van der Waals surface area contributed by atoms with Crippen LogP contribution in [0.2, 0.25) is 0 Å². The molecule has 2 heterocycles. The smallest absolute Gasteiger partial charge is 0.275 e. The molecular weight excluding hydrogens is 336 g/mol. The lowest BCUT2D eigenvalue weighted by Gasteiger charge is -2.07. The quantitative estimate of drug-likeness (QED) is 0.514. The van der Waals surface area contributed by atoms with Crippen LogP contribution in [0.1, 0.15) is 5.82 Å². The Morgan fingerprint density at radius 1 is 0.852 bits per heavy atom. The van der Waals surface area contributed by atoms with Crippen LogP contribution in [0, 0.1) is 0 Å². The third kappa shape index (κ3) is 1.96. The normalized spacial score (nSPS) is 12.0. The summed E-state index contributed by atoms with van der Waals surface area (Å²) >= 11 is 0. The van der Waals surface area contributed by atoms with Gasteiger partial charge >= 0.3 is 0 Å². The van der Waals surface area contributed by atoms with Crippen molar-refractivity contribution in [2.75, 3.05) is 0 Å². The van der Waals surface area contributed by atoms with E-state index in [4.69, 9.17) is 5.10 Å². The number of hydrogen-bond acceptors (Lipinski definition) is 3. The van der Waals surface area contributed by atoms with Gasteiger partial charge in [-0.15, -0.1) is 0 Å². The molecule has 0 spiro atoms. The molecule has 0 bridgehead atoms. The fourth-order valence-corrected chi connectivity index (χ4v) is 4.01. The minimum absolute atomic E-state index is 0.0936. The van der Waals surface area contributed by atoms with Gasteiger partial charge in [0, 0.05) is 10.9 Å². The van der Waals surface area contributed by atoms with Gasteiger partial charge in [0.25, 0.3) is 5.56 Å². The summed E-state index contributed by atoms with van der Waals surface area (Å²) in [6.07, 6.45) is 0. The van der Waals surface area contributed by atoms with Crippen LogP contribution in [0.5, 0.6) is 0 Å². The Bertz CT molecular complexity index is 1390. The maximum Gasteiger partial charge on any atom is 0.275 e. The molecule has 3 aromatic carbocycles. The molecule has 0 amide bonds. The van der Waals surface area contributed by atoms with Crippen molar-refractivity contribution in [3.05, 3.63) is 82.9 Å². The first kappa shape index (κ1) is 14.4. The molecule has 0 atom stereocenters. The summed E-state index contributed by atoms with van der Waals surface area (Å²) in [5, 5.41) is 6.37. The Kier molecular flexibility index (Phi) is 2.75. The number of aromatic amines is 1. The molecule has 0 saturated heterocycles. The van der Waals surface area contributed by atoms with Crippen LogP contribution in [-0.2, 0) is 6.54 Å². The highest BCUT2D eigenvalue weighted by molar-refractivity contribution is 6.13. The molecule has 128 valence electrons. The van der Waals surface area contributed by atoms with E-state index in [0.29, 0.717) is 11.9 Å². The number of para-hydroxylation sites is 2. The zero-order chi connectivity index (χ0) is 18.0. The largest absolute Gasteiger partial charge is 0.340 e. The Hall–Kier alpha value is -3.73. The van der Waals surface area contributed by atoms with E-state index < -0.39 is 0 Å². The van der Waals surface area contributed by atoms with Crippen molar-refractivity contribution in [1.29, 1.82) is 0 Å². The number of H-pyrrole nitrogens is 1. The minimum Gasteiger partial charge on any atom is -0.340 e. The number of hydrogen-bond donors (Lipinski definition) is 1. The summed E-state index contributed by atoms with van der Waals surface area (Å²) in [5.41, 5.74) is 5.90. The minimum atomic E-state index is -0.0936. The molecule has 5 heteroatoms. The van der Waals surface area contributed by atoms with Crippen LogP contribution in [0.3, 0.4) is 0 Å². The highest BCUT2D eigenvalue weighted by Gasteiger charge is 2.24. The van der Waals surface area contributed by atoms with Gasteiger partial charge < -0.3 is 4.98 Å². The molecule has 0 radical (unpaired) electrons. The molecule has 5 nitrogen and oxygen atoms in total. The number of imidazole rings is 1.